The highest BCUT2D eigenvalue weighted by Gasteiger charge is 2.39. The first kappa shape index (κ1) is 18.2. The molecule has 0 spiro atoms. The zero-order chi connectivity index (χ0) is 19.8. The molecule has 1 amide bonds. The zero-order valence-corrected chi connectivity index (χ0v) is 16.2. The average Bonchev–Trinajstić information content (AvgIpc) is 3.21. The lowest BCUT2D eigenvalue weighted by molar-refractivity contribution is 0.100. The molecule has 2 aromatic carbocycles. The van der Waals surface area contributed by atoms with E-state index in [1.54, 1.807) is 27.4 Å². The normalized spacial score (nSPS) is 22.0. The lowest BCUT2D eigenvalue weighted by atomic mass is 9.76. The summed E-state index contributed by atoms with van der Waals surface area (Å²) in [5.41, 5.74) is 9.07. The number of hydrogen-bond acceptors (Lipinski definition) is 5. The SMILES string of the molecule is COc1cc(C2Nc3c(C(N)=O)cccc3C3C=CCC32)cc(OC)c1OC. The van der Waals surface area contributed by atoms with Crippen LogP contribution in [0.4, 0.5) is 5.69 Å². The molecule has 2 aromatic rings. The van der Waals surface area contributed by atoms with Crippen molar-refractivity contribution in [3.8, 4) is 17.2 Å². The molecular weight excluding hydrogens is 356 g/mol. The Morgan fingerprint density at radius 1 is 1.11 bits per heavy atom. The van der Waals surface area contributed by atoms with Crippen LogP contribution in [0, 0.1) is 5.92 Å². The summed E-state index contributed by atoms with van der Waals surface area (Å²) in [6.07, 6.45) is 5.37. The van der Waals surface area contributed by atoms with E-state index in [0.717, 1.165) is 23.2 Å². The number of rotatable bonds is 5. The monoisotopic (exact) mass is 380 g/mol. The molecule has 146 valence electrons. The van der Waals surface area contributed by atoms with Crippen molar-refractivity contribution in [3.63, 3.8) is 0 Å². The van der Waals surface area contributed by atoms with Crippen molar-refractivity contribution in [2.24, 2.45) is 11.7 Å². The standard InChI is InChI=1S/C22H24N2O4/c1-26-17-10-12(11-18(27-2)21(17)28-3)19-14-7-4-6-13(14)15-8-5-9-16(22(23)25)20(15)24-19/h4-6,8-11,13-14,19,24H,7H2,1-3H3,(H2,23,25). The fourth-order valence-electron chi connectivity index (χ4n) is 4.44. The first-order valence-corrected chi connectivity index (χ1v) is 9.24. The number of carbonyl (C=O) groups is 1. The molecule has 0 saturated carbocycles. The topological polar surface area (TPSA) is 82.8 Å². The lowest BCUT2D eigenvalue weighted by Crippen LogP contribution is -2.31. The molecular formula is C22H24N2O4. The number of primary amides is 1. The first-order valence-electron chi connectivity index (χ1n) is 9.24. The van der Waals surface area contributed by atoms with Gasteiger partial charge in [0.1, 0.15) is 0 Å². The van der Waals surface area contributed by atoms with E-state index in [4.69, 9.17) is 19.9 Å². The number of anilines is 1. The minimum Gasteiger partial charge on any atom is -0.493 e. The van der Waals surface area contributed by atoms with Crippen molar-refractivity contribution in [1.82, 2.24) is 0 Å². The predicted molar refractivity (Wildman–Crippen MR) is 107 cm³/mol. The summed E-state index contributed by atoms with van der Waals surface area (Å²) in [5.74, 6) is 1.88. The van der Waals surface area contributed by atoms with Crippen molar-refractivity contribution in [2.75, 3.05) is 26.6 Å². The number of para-hydroxylation sites is 1. The second kappa shape index (κ2) is 7.11. The molecule has 2 aliphatic rings. The van der Waals surface area contributed by atoms with Gasteiger partial charge < -0.3 is 25.3 Å². The van der Waals surface area contributed by atoms with E-state index in [-0.39, 0.29) is 12.0 Å². The number of nitrogens with one attached hydrogen (secondary N) is 1. The van der Waals surface area contributed by atoms with Crippen LogP contribution >= 0.6 is 0 Å². The Labute approximate surface area is 164 Å². The Morgan fingerprint density at radius 3 is 2.43 bits per heavy atom. The molecule has 3 atom stereocenters. The Balaban J connectivity index is 1.85. The minimum absolute atomic E-state index is 0.0262. The van der Waals surface area contributed by atoms with Crippen molar-refractivity contribution in [1.29, 1.82) is 0 Å². The fourth-order valence-corrected chi connectivity index (χ4v) is 4.44. The third-order valence-electron chi connectivity index (χ3n) is 5.71. The minimum atomic E-state index is -0.437. The van der Waals surface area contributed by atoms with Crippen molar-refractivity contribution in [3.05, 3.63) is 59.2 Å². The molecule has 0 bridgehead atoms. The van der Waals surface area contributed by atoms with Gasteiger partial charge in [-0.1, -0.05) is 24.3 Å². The van der Waals surface area contributed by atoms with Crippen LogP contribution < -0.4 is 25.3 Å². The molecule has 6 nitrogen and oxygen atoms in total. The summed E-state index contributed by atoms with van der Waals surface area (Å²) < 4.78 is 16.5. The van der Waals surface area contributed by atoms with Crippen LogP contribution in [-0.4, -0.2) is 27.2 Å². The van der Waals surface area contributed by atoms with Gasteiger partial charge in [-0.3, -0.25) is 4.79 Å². The number of hydrogen-bond donors (Lipinski definition) is 2. The number of nitrogens with two attached hydrogens (primary N) is 1. The Morgan fingerprint density at radius 2 is 1.82 bits per heavy atom. The number of allylic oxidation sites excluding steroid dienone is 2. The van der Waals surface area contributed by atoms with Gasteiger partial charge in [0.15, 0.2) is 11.5 Å². The van der Waals surface area contributed by atoms with Crippen LogP contribution in [0.15, 0.2) is 42.5 Å². The van der Waals surface area contributed by atoms with Gasteiger partial charge in [-0.25, -0.2) is 0 Å². The predicted octanol–water partition coefficient (Wildman–Crippen LogP) is 3.64. The van der Waals surface area contributed by atoms with Crippen molar-refractivity contribution in [2.45, 2.75) is 18.4 Å². The highest BCUT2D eigenvalue weighted by atomic mass is 16.5. The maximum Gasteiger partial charge on any atom is 0.250 e. The van der Waals surface area contributed by atoms with Gasteiger partial charge in [-0.05, 0) is 41.7 Å². The summed E-state index contributed by atoms with van der Waals surface area (Å²) in [7, 11) is 4.80. The van der Waals surface area contributed by atoms with Crippen molar-refractivity contribution < 1.29 is 19.0 Å². The Hall–Kier alpha value is -3.15. The first-order chi connectivity index (χ1) is 13.6. The highest BCUT2D eigenvalue weighted by molar-refractivity contribution is 5.99. The van der Waals surface area contributed by atoms with E-state index in [0.29, 0.717) is 28.7 Å². The molecule has 1 aliphatic carbocycles. The number of methoxy groups -OCH3 is 3. The second-order valence-corrected chi connectivity index (χ2v) is 7.07. The van der Waals surface area contributed by atoms with Crippen molar-refractivity contribution >= 4 is 11.6 Å². The van der Waals surface area contributed by atoms with Crippen LogP contribution in [0.25, 0.3) is 0 Å². The zero-order valence-electron chi connectivity index (χ0n) is 16.2. The van der Waals surface area contributed by atoms with E-state index in [1.165, 1.54) is 0 Å². The van der Waals surface area contributed by atoms with Crippen LogP contribution in [0.5, 0.6) is 17.2 Å². The van der Waals surface area contributed by atoms with Gasteiger partial charge in [0.25, 0.3) is 5.91 Å². The molecule has 1 aliphatic heterocycles. The largest absolute Gasteiger partial charge is 0.493 e. The van der Waals surface area contributed by atoms with E-state index in [2.05, 4.69) is 23.5 Å². The lowest BCUT2D eigenvalue weighted by Gasteiger charge is -2.38. The highest BCUT2D eigenvalue weighted by Crippen LogP contribution is 2.52. The maximum atomic E-state index is 12.0. The van der Waals surface area contributed by atoms with Crippen LogP contribution in [0.1, 0.15) is 39.9 Å². The summed E-state index contributed by atoms with van der Waals surface area (Å²) in [5, 5.41) is 3.58. The summed E-state index contributed by atoms with van der Waals surface area (Å²) in [6, 6.07) is 9.62. The van der Waals surface area contributed by atoms with Gasteiger partial charge in [0.05, 0.1) is 38.6 Å². The molecule has 6 heteroatoms. The third kappa shape index (κ3) is 2.76. The summed E-state index contributed by atoms with van der Waals surface area (Å²) in [6.45, 7) is 0. The van der Waals surface area contributed by atoms with Crippen LogP contribution in [0.2, 0.25) is 0 Å². The molecule has 0 radical (unpaired) electrons. The molecule has 4 rings (SSSR count). The smallest absolute Gasteiger partial charge is 0.250 e. The number of fused-ring (bicyclic) bond motifs is 3. The molecule has 3 unspecified atom stereocenters. The third-order valence-corrected chi connectivity index (χ3v) is 5.71. The van der Waals surface area contributed by atoms with Gasteiger partial charge in [0.2, 0.25) is 5.75 Å². The van der Waals surface area contributed by atoms with Gasteiger partial charge >= 0.3 is 0 Å². The summed E-state index contributed by atoms with van der Waals surface area (Å²) in [4.78, 5) is 12.0. The molecule has 0 saturated heterocycles. The van der Waals surface area contributed by atoms with E-state index in [1.807, 2.05) is 18.2 Å². The molecule has 28 heavy (non-hydrogen) atoms. The molecule has 1 heterocycles. The van der Waals surface area contributed by atoms with Gasteiger partial charge in [-0.2, -0.15) is 0 Å². The van der Waals surface area contributed by atoms with Gasteiger partial charge in [0, 0.05) is 5.92 Å². The quantitative estimate of drug-likeness (QED) is 0.774. The van der Waals surface area contributed by atoms with Crippen LogP contribution in [-0.2, 0) is 0 Å². The number of amides is 1. The summed E-state index contributed by atoms with van der Waals surface area (Å²) >= 11 is 0. The number of benzene rings is 2. The Kier molecular flexibility index (Phi) is 4.63. The van der Waals surface area contributed by atoms with E-state index in [9.17, 15) is 4.79 Å². The Bertz CT molecular complexity index is 929. The van der Waals surface area contributed by atoms with E-state index < -0.39 is 5.91 Å². The molecule has 3 N–H and O–H groups in total. The van der Waals surface area contributed by atoms with Gasteiger partial charge in [-0.15, -0.1) is 0 Å². The molecule has 0 aromatic heterocycles. The van der Waals surface area contributed by atoms with Crippen LogP contribution in [0.3, 0.4) is 0 Å². The maximum absolute atomic E-state index is 12.0. The second-order valence-electron chi connectivity index (χ2n) is 7.07. The van der Waals surface area contributed by atoms with E-state index >= 15 is 0 Å². The fraction of sp³-hybridized carbons (Fsp3) is 0.318. The average molecular weight is 380 g/mol. The molecule has 0 fully saturated rings. The number of carbonyl (C=O) groups excluding carboxylic acids is 1. The number of ether oxygens (including phenoxy) is 3.